The molecule has 2 unspecified atom stereocenters. The van der Waals surface area contributed by atoms with Crippen molar-refractivity contribution in [3.8, 4) is 0 Å². The summed E-state index contributed by atoms with van der Waals surface area (Å²) in [7, 11) is 0. The number of nitrogens with one attached hydrogen (secondary N) is 3. The van der Waals surface area contributed by atoms with Crippen LogP contribution in [0.15, 0.2) is 60.8 Å². The lowest BCUT2D eigenvalue weighted by atomic mass is 10.0. The summed E-state index contributed by atoms with van der Waals surface area (Å²) < 4.78 is 44.7. The SMILES string of the molecule is CCCN(CCNC(=O)OC(C)(C)C)C(=S)CCC(C)C(=O)NC(Cc1ccc(C(F)(F)F)cc1)C(=O)Nc1cnc2ccccc2c1. The number of benzene rings is 2. The minimum absolute atomic E-state index is 0.0310. The fourth-order valence-electron chi connectivity index (χ4n) is 4.82. The van der Waals surface area contributed by atoms with E-state index < -0.39 is 47.2 Å². The highest BCUT2D eigenvalue weighted by Gasteiger charge is 2.30. The molecule has 3 amide bonds. The molecule has 48 heavy (non-hydrogen) atoms. The first kappa shape index (κ1) is 38.2. The van der Waals surface area contributed by atoms with Gasteiger partial charge in [0, 0.05) is 37.4 Å². The molecule has 3 N–H and O–H groups in total. The van der Waals surface area contributed by atoms with E-state index in [1.165, 1.54) is 18.3 Å². The normalized spacial score (nSPS) is 12.9. The lowest BCUT2D eigenvalue weighted by Gasteiger charge is -2.26. The third-order valence-corrected chi connectivity index (χ3v) is 7.81. The summed E-state index contributed by atoms with van der Waals surface area (Å²) in [5, 5.41) is 9.13. The molecule has 0 saturated carbocycles. The van der Waals surface area contributed by atoms with E-state index in [0.29, 0.717) is 48.7 Å². The molecule has 1 aromatic heterocycles. The number of nitrogens with zero attached hydrogens (tertiary/aromatic N) is 2. The van der Waals surface area contributed by atoms with Gasteiger partial charge in [-0.3, -0.25) is 14.6 Å². The molecule has 0 aliphatic carbocycles. The fraction of sp³-hybridized carbons (Fsp3) is 0.457. The summed E-state index contributed by atoms with van der Waals surface area (Å²) >= 11 is 5.67. The number of ether oxygens (including phenoxy) is 1. The number of fused-ring (bicyclic) bond motifs is 1. The number of anilines is 1. The van der Waals surface area contributed by atoms with Crippen LogP contribution in [-0.4, -0.2) is 64.1 Å². The third-order valence-electron chi connectivity index (χ3n) is 7.35. The van der Waals surface area contributed by atoms with Crippen molar-refractivity contribution in [1.82, 2.24) is 20.5 Å². The maximum Gasteiger partial charge on any atom is 0.416 e. The number of thiocarbonyl (C=S) groups is 1. The summed E-state index contributed by atoms with van der Waals surface area (Å²) in [5.41, 5.74) is 0.198. The fourth-order valence-corrected chi connectivity index (χ4v) is 5.13. The number of pyridine rings is 1. The molecule has 0 radical (unpaired) electrons. The van der Waals surface area contributed by atoms with Crippen molar-refractivity contribution < 1.29 is 32.3 Å². The number of alkyl halides is 3. The van der Waals surface area contributed by atoms with E-state index in [9.17, 15) is 27.6 Å². The molecule has 3 rings (SSSR count). The van der Waals surface area contributed by atoms with Crippen molar-refractivity contribution >= 4 is 51.7 Å². The van der Waals surface area contributed by atoms with Gasteiger partial charge in [-0.1, -0.05) is 56.4 Å². The van der Waals surface area contributed by atoms with Crippen molar-refractivity contribution in [2.24, 2.45) is 5.92 Å². The summed E-state index contributed by atoms with van der Waals surface area (Å²) in [6.45, 7) is 10.6. The van der Waals surface area contributed by atoms with Gasteiger partial charge in [0.1, 0.15) is 11.6 Å². The van der Waals surface area contributed by atoms with Gasteiger partial charge in [0.2, 0.25) is 11.8 Å². The molecule has 2 aromatic carbocycles. The first-order chi connectivity index (χ1) is 22.6. The van der Waals surface area contributed by atoms with Crippen LogP contribution in [0.2, 0.25) is 0 Å². The summed E-state index contributed by atoms with van der Waals surface area (Å²) in [4.78, 5) is 45.8. The smallest absolute Gasteiger partial charge is 0.416 e. The van der Waals surface area contributed by atoms with Gasteiger partial charge in [-0.15, -0.1) is 0 Å². The molecular weight excluding hydrogens is 643 g/mol. The number of halogens is 3. The quantitative estimate of drug-likeness (QED) is 0.158. The second-order valence-corrected chi connectivity index (χ2v) is 13.1. The van der Waals surface area contributed by atoms with E-state index >= 15 is 0 Å². The standard InChI is InChI=1S/C35H44F3N5O4S/c1-6-18-43(19-17-39-33(46)47-34(3,4)5)30(48)16-11-23(2)31(44)42-29(20-24-12-14-26(15-13-24)35(36,37)38)32(45)41-27-21-25-9-7-8-10-28(25)40-22-27/h7-10,12-15,21-23,29H,6,11,16-20H2,1-5H3,(H,39,46)(H,41,45)(H,42,44). The summed E-state index contributed by atoms with van der Waals surface area (Å²) in [6, 6.07) is 12.6. The van der Waals surface area contributed by atoms with E-state index in [1.807, 2.05) is 36.1 Å². The van der Waals surface area contributed by atoms with E-state index in [0.717, 1.165) is 29.5 Å². The zero-order valence-electron chi connectivity index (χ0n) is 27.9. The number of carbonyl (C=O) groups excluding carboxylic acids is 3. The van der Waals surface area contributed by atoms with Crippen LogP contribution in [0.1, 0.15) is 65.0 Å². The number of amides is 3. The second-order valence-electron chi connectivity index (χ2n) is 12.6. The summed E-state index contributed by atoms with van der Waals surface area (Å²) in [5.74, 6) is -1.46. The highest BCUT2D eigenvalue weighted by Crippen LogP contribution is 2.29. The van der Waals surface area contributed by atoms with Crippen LogP contribution in [0.25, 0.3) is 10.9 Å². The zero-order valence-corrected chi connectivity index (χ0v) is 28.8. The van der Waals surface area contributed by atoms with Crippen LogP contribution in [0.5, 0.6) is 0 Å². The number of hydrogen-bond acceptors (Lipinski definition) is 6. The Labute approximate surface area is 285 Å². The van der Waals surface area contributed by atoms with Gasteiger partial charge in [-0.25, -0.2) is 4.79 Å². The molecule has 1 heterocycles. The first-order valence-corrected chi connectivity index (χ1v) is 16.3. The molecular formula is C35H44F3N5O4S. The van der Waals surface area contributed by atoms with Gasteiger partial charge < -0.3 is 25.6 Å². The van der Waals surface area contributed by atoms with Crippen molar-refractivity contribution in [3.63, 3.8) is 0 Å². The average Bonchev–Trinajstić information content (AvgIpc) is 3.01. The van der Waals surface area contributed by atoms with E-state index in [1.54, 1.807) is 33.8 Å². The molecule has 0 fully saturated rings. The Balaban J connectivity index is 1.65. The largest absolute Gasteiger partial charge is 0.444 e. The van der Waals surface area contributed by atoms with Crippen LogP contribution < -0.4 is 16.0 Å². The number of carbonyl (C=O) groups is 3. The molecule has 0 aliphatic heterocycles. The number of alkyl carbamates (subject to hydrolysis) is 1. The van der Waals surface area contributed by atoms with E-state index in [4.69, 9.17) is 17.0 Å². The Morgan fingerprint density at radius 1 is 1.00 bits per heavy atom. The molecule has 0 bridgehead atoms. The number of hydrogen-bond donors (Lipinski definition) is 3. The van der Waals surface area contributed by atoms with Crippen LogP contribution in [0, 0.1) is 5.92 Å². The number of aromatic nitrogens is 1. The van der Waals surface area contributed by atoms with Crippen molar-refractivity contribution in [2.45, 2.75) is 78.1 Å². The van der Waals surface area contributed by atoms with Gasteiger partial charge in [0.05, 0.1) is 28.0 Å². The Kier molecular flexibility index (Phi) is 13.7. The highest BCUT2D eigenvalue weighted by molar-refractivity contribution is 7.80. The predicted molar refractivity (Wildman–Crippen MR) is 185 cm³/mol. The Morgan fingerprint density at radius 3 is 2.33 bits per heavy atom. The molecule has 3 aromatic rings. The first-order valence-electron chi connectivity index (χ1n) is 15.9. The van der Waals surface area contributed by atoms with E-state index in [2.05, 4.69) is 20.9 Å². The molecule has 13 heteroatoms. The Morgan fingerprint density at radius 2 is 1.69 bits per heavy atom. The number of para-hydroxylation sites is 1. The molecule has 0 aliphatic rings. The van der Waals surface area contributed by atoms with Crippen LogP contribution in [0.4, 0.5) is 23.7 Å². The predicted octanol–water partition coefficient (Wildman–Crippen LogP) is 6.90. The Hall–Kier alpha value is -4.26. The second kappa shape index (κ2) is 17.2. The van der Waals surface area contributed by atoms with Gasteiger partial charge >= 0.3 is 12.3 Å². The topological polar surface area (TPSA) is 113 Å². The monoisotopic (exact) mass is 687 g/mol. The lowest BCUT2D eigenvalue weighted by Crippen LogP contribution is -2.47. The molecule has 2 atom stereocenters. The minimum atomic E-state index is -4.50. The van der Waals surface area contributed by atoms with Crippen LogP contribution >= 0.6 is 12.2 Å². The highest BCUT2D eigenvalue weighted by atomic mass is 32.1. The molecule has 9 nitrogen and oxygen atoms in total. The van der Waals surface area contributed by atoms with Crippen molar-refractivity contribution in [1.29, 1.82) is 0 Å². The van der Waals surface area contributed by atoms with Gasteiger partial charge in [-0.05, 0) is 69.9 Å². The van der Waals surface area contributed by atoms with Crippen LogP contribution in [0.3, 0.4) is 0 Å². The minimum Gasteiger partial charge on any atom is -0.444 e. The third kappa shape index (κ3) is 12.4. The van der Waals surface area contributed by atoms with Gasteiger partial charge in [0.25, 0.3) is 0 Å². The maximum absolute atomic E-state index is 13.5. The number of rotatable bonds is 14. The van der Waals surface area contributed by atoms with Crippen molar-refractivity contribution in [3.05, 3.63) is 71.9 Å². The van der Waals surface area contributed by atoms with Crippen molar-refractivity contribution in [2.75, 3.05) is 25.0 Å². The average molecular weight is 688 g/mol. The Bertz CT molecular complexity index is 1560. The van der Waals surface area contributed by atoms with Gasteiger partial charge in [0.15, 0.2) is 0 Å². The molecule has 0 spiro atoms. The van der Waals surface area contributed by atoms with Gasteiger partial charge in [-0.2, -0.15) is 13.2 Å². The lowest BCUT2D eigenvalue weighted by molar-refractivity contribution is -0.137. The molecule has 0 saturated heterocycles. The van der Waals surface area contributed by atoms with Crippen LogP contribution in [-0.2, 0) is 26.9 Å². The molecule has 260 valence electrons. The van der Waals surface area contributed by atoms with E-state index in [-0.39, 0.29) is 6.42 Å². The zero-order chi connectivity index (χ0) is 35.5. The summed E-state index contributed by atoms with van der Waals surface area (Å²) in [6.07, 6.45) is -1.88. The maximum atomic E-state index is 13.5.